The van der Waals surface area contributed by atoms with Crippen molar-refractivity contribution in [2.75, 3.05) is 0 Å². The molecule has 1 aliphatic carbocycles. The molecule has 3 amide bonds. The third kappa shape index (κ3) is 10.3. The van der Waals surface area contributed by atoms with E-state index in [4.69, 9.17) is 9.47 Å². The largest absolute Gasteiger partial charge is 0.458 e. The van der Waals surface area contributed by atoms with E-state index in [9.17, 15) is 19.2 Å². The first kappa shape index (κ1) is 36.6. The summed E-state index contributed by atoms with van der Waals surface area (Å²) in [6.07, 6.45) is 1.87. The Bertz CT molecular complexity index is 1370. The van der Waals surface area contributed by atoms with Crippen LogP contribution >= 0.6 is 0 Å². The number of rotatable bonds is 11. The van der Waals surface area contributed by atoms with Crippen LogP contribution in [0.5, 0.6) is 0 Å². The highest BCUT2D eigenvalue weighted by Crippen LogP contribution is 2.36. The molecule has 9 nitrogen and oxygen atoms in total. The van der Waals surface area contributed by atoms with Crippen LogP contribution in [0.3, 0.4) is 0 Å². The van der Waals surface area contributed by atoms with Crippen molar-refractivity contribution in [2.45, 2.75) is 130 Å². The van der Waals surface area contributed by atoms with Crippen molar-refractivity contribution in [3.05, 3.63) is 70.8 Å². The number of carbonyl (C=O) groups excluding carboxylic acids is 4. The van der Waals surface area contributed by atoms with Gasteiger partial charge in [-0.25, -0.2) is 9.59 Å². The van der Waals surface area contributed by atoms with Gasteiger partial charge in [0.25, 0.3) is 0 Å². The van der Waals surface area contributed by atoms with Crippen LogP contribution < -0.4 is 10.6 Å². The summed E-state index contributed by atoms with van der Waals surface area (Å²) in [6.45, 7) is 18.2. The minimum atomic E-state index is -1.05. The molecule has 1 fully saturated rings. The van der Waals surface area contributed by atoms with E-state index in [0.717, 1.165) is 36.0 Å². The van der Waals surface area contributed by atoms with Gasteiger partial charge in [-0.1, -0.05) is 67.9 Å². The molecular weight excluding hydrogens is 582 g/mol. The maximum Gasteiger partial charge on any atom is 0.408 e. The topological polar surface area (TPSA) is 114 Å². The maximum absolute atomic E-state index is 14.6. The fourth-order valence-corrected chi connectivity index (χ4v) is 5.51. The summed E-state index contributed by atoms with van der Waals surface area (Å²) < 4.78 is 11.2. The van der Waals surface area contributed by atoms with Gasteiger partial charge >= 0.3 is 12.1 Å². The van der Waals surface area contributed by atoms with Gasteiger partial charge in [0.2, 0.25) is 11.8 Å². The van der Waals surface area contributed by atoms with Crippen molar-refractivity contribution >= 4 is 23.9 Å². The van der Waals surface area contributed by atoms with Crippen LogP contribution in [0.25, 0.3) is 0 Å². The predicted octanol–water partition coefficient (Wildman–Crippen LogP) is 6.34. The Kier molecular flexibility index (Phi) is 12.0. The average Bonchev–Trinajstić information content (AvgIpc) is 2.89. The van der Waals surface area contributed by atoms with Crippen LogP contribution in [0.2, 0.25) is 0 Å². The van der Waals surface area contributed by atoms with Gasteiger partial charge in [-0.3, -0.25) is 9.59 Å². The second-order valence-corrected chi connectivity index (χ2v) is 14.7. The molecule has 0 spiro atoms. The highest BCUT2D eigenvalue weighted by molar-refractivity contribution is 5.94. The lowest BCUT2D eigenvalue weighted by Crippen LogP contribution is -2.59. The maximum atomic E-state index is 14.6. The molecule has 252 valence electrons. The quantitative estimate of drug-likeness (QED) is 0.279. The summed E-state index contributed by atoms with van der Waals surface area (Å²) in [4.78, 5) is 57.3. The first-order valence-corrected chi connectivity index (χ1v) is 16.3. The van der Waals surface area contributed by atoms with E-state index in [1.807, 2.05) is 76.2 Å². The van der Waals surface area contributed by atoms with Gasteiger partial charge in [0.1, 0.15) is 29.3 Å². The summed E-state index contributed by atoms with van der Waals surface area (Å²) in [7, 11) is 0. The molecule has 3 atom stereocenters. The molecule has 0 radical (unpaired) electrons. The molecule has 0 saturated heterocycles. The molecule has 9 heteroatoms. The van der Waals surface area contributed by atoms with Gasteiger partial charge in [-0.05, 0) is 97.3 Å². The van der Waals surface area contributed by atoms with Crippen molar-refractivity contribution in [2.24, 2.45) is 5.92 Å². The van der Waals surface area contributed by atoms with Crippen LogP contribution in [0.15, 0.2) is 48.5 Å². The molecule has 3 unspecified atom stereocenters. The van der Waals surface area contributed by atoms with Gasteiger partial charge in [-0.2, -0.15) is 0 Å². The Hall–Kier alpha value is -3.88. The smallest absolute Gasteiger partial charge is 0.408 e. The van der Waals surface area contributed by atoms with Gasteiger partial charge < -0.3 is 25.0 Å². The SMILES string of the molecule is Cc1ccc(C(C(=O)NC(Cc2ccccc2)C(=O)OC(C)(C)C)N(C(=O)C(NC(=O)OC(C)(C)C)C(C)C)C2CCC2)c(C)c1. The number of esters is 1. The van der Waals surface area contributed by atoms with Crippen LogP contribution in [0.1, 0.15) is 103 Å². The molecule has 2 aromatic rings. The molecule has 46 heavy (non-hydrogen) atoms. The van der Waals surface area contributed by atoms with E-state index in [1.165, 1.54) is 0 Å². The zero-order valence-corrected chi connectivity index (χ0v) is 29.2. The zero-order valence-electron chi connectivity index (χ0n) is 29.2. The summed E-state index contributed by atoms with van der Waals surface area (Å²) in [5.41, 5.74) is 1.86. The molecule has 0 bridgehead atoms. The highest BCUT2D eigenvalue weighted by Gasteiger charge is 2.44. The number of alkyl carbamates (subject to hydrolysis) is 1. The third-order valence-electron chi connectivity index (χ3n) is 7.86. The number of hydrogen-bond donors (Lipinski definition) is 2. The number of carbonyl (C=O) groups is 4. The predicted molar refractivity (Wildman–Crippen MR) is 179 cm³/mol. The Morgan fingerprint density at radius 3 is 1.98 bits per heavy atom. The highest BCUT2D eigenvalue weighted by atomic mass is 16.6. The monoisotopic (exact) mass is 635 g/mol. The summed E-state index contributed by atoms with van der Waals surface area (Å²) in [6, 6.07) is 12.0. The number of aryl methyl sites for hydroxylation is 2. The standard InChI is InChI=1S/C37H53N3O6/c1-23(2)30(39-35(44)46-37(8,9)10)33(42)40(27-17-14-18-27)31(28-20-19-24(3)21-25(28)4)32(41)38-29(34(43)45-36(5,6)7)22-26-15-12-11-13-16-26/h11-13,15-16,19-21,23,27,29-31H,14,17-18,22H2,1-10H3,(H,38,41)(H,39,44). The van der Waals surface area contributed by atoms with Crippen LogP contribution in [0.4, 0.5) is 4.79 Å². The number of benzene rings is 2. The average molecular weight is 636 g/mol. The summed E-state index contributed by atoms with van der Waals surface area (Å²) in [5, 5.41) is 5.77. The molecule has 3 rings (SSSR count). The normalized spacial score (nSPS) is 15.6. The molecule has 2 N–H and O–H groups in total. The van der Waals surface area contributed by atoms with Gasteiger partial charge in [0.15, 0.2) is 0 Å². The molecule has 2 aromatic carbocycles. The molecule has 0 heterocycles. The first-order chi connectivity index (χ1) is 21.4. The van der Waals surface area contributed by atoms with E-state index < -0.39 is 47.3 Å². The van der Waals surface area contributed by atoms with Gasteiger partial charge in [0.05, 0.1) is 0 Å². The summed E-state index contributed by atoms with van der Waals surface area (Å²) in [5.74, 6) is -1.71. The van der Waals surface area contributed by atoms with Crippen molar-refractivity contribution in [1.82, 2.24) is 15.5 Å². The van der Waals surface area contributed by atoms with Crippen LogP contribution in [-0.2, 0) is 30.3 Å². The molecule has 0 aliphatic heterocycles. The zero-order chi connectivity index (χ0) is 34.4. The number of ether oxygens (including phenoxy) is 2. The lowest BCUT2D eigenvalue weighted by Gasteiger charge is -2.44. The number of amides is 3. The molecular formula is C37H53N3O6. The Balaban J connectivity index is 2.09. The van der Waals surface area contributed by atoms with Crippen molar-refractivity contribution in [1.29, 1.82) is 0 Å². The van der Waals surface area contributed by atoms with Crippen molar-refractivity contribution in [3.63, 3.8) is 0 Å². The molecule has 0 aromatic heterocycles. The Morgan fingerprint density at radius 2 is 1.48 bits per heavy atom. The second kappa shape index (κ2) is 15.1. The fraction of sp³-hybridized carbons (Fsp3) is 0.568. The lowest BCUT2D eigenvalue weighted by molar-refractivity contribution is -0.159. The van der Waals surface area contributed by atoms with Gasteiger partial charge in [0, 0.05) is 12.5 Å². The second-order valence-electron chi connectivity index (χ2n) is 14.7. The minimum Gasteiger partial charge on any atom is -0.458 e. The van der Waals surface area contributed by atoms with E-state index in [2.05, 4.69) is 10.6 Å². The number of nitrogens with zero attached hydrogens (tertiary/aromatic N) is 1. The van der Waals surface area contributed by atoms with E-state index in [0.29, 0.717) is 5.56 Å². The minimum absolute atomic E-state index is 0.216. The van der Waals surface area contributed by atoms with Crippen molar-refractivity contribution in [3.8, 4) is 0 Å². The van der Waals surface area contributed by atoms with E-state index in [-0.39, 0.29) is 24.3 Å². The number of hydrogen-bond acceptors (Lipinski definition) is 6. The molecule has 1 aliphatic rings. The number of nitrogens with one attached hydrogen (secondary N) is 2. The molecule has 1 saturated carbocycles. The first-order valence-electron chi connectivity index (χ1n) is 16.3. The lowest BCUT2D eigenvalue weighted by atomic mass is 9.86. The van der Waals surface area contributed by atoms with Gasteiger partial charge in [-0.15, -0.1) is 0 Å². The van der Waals surface area contributed by atoms with Crippen LogP contribution in [-0.4, -0.2) is 58.1 Å². The van der Waals surface area contributed by atoms with E-state index >= 15 is 0 Å². The Morgan fingerprint density at radius 1 is 0.870 bits per heavy atom. The Labute approximate surface area is 274 Å². The third-order valence-corrected chi connectivity index (χ3v) is 7.86. The fourth-order valence-electron chi connectivity index (χ4n) is 5.51. The van der Waals surface area contributed by atoms with Crippen LogP contribution in [0, 0.1) is 19.8 Å². The van der Waals surface area contributed by atoms with Crippen molar-refractivity contribution < 1.29 is 28.7 Å². The summed E-state index contributed by atoms with van der Waals surface area (Å²) >= 11 is 0. The van der Waals surface area contributed by atoms with E-state index in [1.54, 1.807) is 46.4 Å².